The maximum atomic E-state index is 14.7. The number of ether oxygens (including phenoxy) is 3. The summed E-state index contributed by atoms with van der Waals surface area (Å²) in [5.74, 6) is -1.94. The fourth-order valence-corrected chi connectivity index (χ4v) is 9.51. The van der Waals surface area contributed by atoms with Crippen molar-refractivity contribution in [3.8, 4) is 11.5 Å². The van der Waals surface area contributed by atoms with E-state index in [1.165, 1.54) is 12.1 Å². The topological polar surface area (TPSA) is 139 Å². The van der Waals surface area contributed by atoms with E-state index in [1.54, 1.807) is 24.3 Å². The number of benzene rings is 3. The summed E-state index contributed by atoms with van der Waals surface area (Å²) < 4.78 is 34.6. The van der Waals surface area contributed by atoms with E-state index >= 15 is 0 Å². The van der Waals surface area contributed by atoms with E-state index in [4.69, 9.17) is 24.2 Å². The van der Waals surface area contributed by atoms with Crippen molar-refractivity contribution in [3.05, 3.63) is 120 Å². The predicted octanol–water partition coefficient (Wildman–Crippen LogP) is 8.99. The lowest BCUT2D eigenvalue weighted by Gasteiger charge is -2.60. The maximum Gasteiger partial charge on any atom is 0.412 e. The maximum absolute atomic E-state index is 14.7. The first-order valence-corrected chi connectivity index (χ1v) is 22.3. The average molecular weight is 852 g/mol. The summed E-state index contributed by atoms with van der Waals surface area (Å²) in [7, 11) is 0. The number of hydrogen-bond donors (Lipinski definition) is 3. The molecule has 0 saturated heterocycles. The molecule has 0 spiro atoms. The van der Waals surface area contributed by atoms with Crippen molar-refractivity contribution >= 4 is 17.7 Å². The van der Waals surface area contributed by atoms with Gasteiger partial charge in [-0.3, -0.25) is 4.79 Å². The van der Waals surface area contributed by atoms with Crippen molar-refractivity contribution in [1.29, 1.82) is 0 Å². The summed E-state index contributed by atoms with van der Waals surface area (Å²) >= 11 is 0. The first kappa shape index (κ1) is 45.0. The quantitative estimate of drug-likeness (QED) is 0.0618. The van der Waals surface area contributed by atoms with E-state index in [0.29, 0.717) is 36.6 Å². The van der Waals surface area contributed by atoms with Crippen LogP contribution in [0.5, 0.6) is 11.5 Å². The van der Waals surface area contributed by atoms with Gasteiger partial charge in [-0.1, -0.05) is 72.6 Å². The number of carbonyl (C=O) groups excluding carboxylic acids is 2. The van der Waals surface area contributed by atoms with E-state index in [9.17, 15) is 24.2 Å². The molecule has 6 unspecified atom stereocenters. The zero-order valence-corrected chi connectivity index (χ0v) is 36.3. The Hall–Kier alpha value is -5.04. The van der Waals surface area contributed by atoms with Crippen LogP contribution in [-0.2, 0) is 27.5 Å². The molecule has 0 aromatic heterocycles. The molecule has 2 amide bonds. The molecule has 0 radical (unpaired) electrons. The third-order valence-corrected chi connectivity index (χ3v) is 12.4. The number of carbonyl (C=O) groups is 2. The van der Waals surface area contributed by atoms with Crippen LogP contribution in [0.25, 0.3) is 0 Å². The van der Waals surface area contributed by atoms with Gasteiger partial charge in [0.15, 0.2) is 0 Å². The third-order valence-electron chi connectivity index (χ3n) is 12.4. The number of rotatable bonds is 19. The normalized spacial score (nSPS) is 24.5. The molecule has 3 aliphatic carbocycles. The van der Waals surface area contributed by atoms with Gasteiger partial charge < -0.3 is 39.5 Å². The van der Waals surface area contributed by atoms with Crippen LogP contribution in [0.1, 0.15) is 101 Å². The van der Waals surface area contributed by atoms with Gasteiger partial charge in [-0.15, -0.1) is 6.58 Å². The molecule has 2 fully saturated rings. The molecule has 11 nitrogen and oxygen atoms in total. The molecule has 7 rings (SSSR count). The molecule has 1 heterocycles. The van der Waals surface area contributed by atoms with Crippen molar-refractivity contribution in [2.24, 2.45) is 28.8 Å². The molecule has 6 atom stereocenters. The van der Waals surface area contributed by atoms with Crippen molar-refractivity contribution in [2.45, 2.75) is 115 Å². The zero-order valence-electron chi connectivity index (χ0n) is 36.3. The fraction of sp³-hybridized carbons (Fsp3) is 0.500. The summed E-state index contributed by atoms with van der Waals surface area (Å²) in [5.41, 5.74) is 3.50. The molecular weight excluding hydrogens is 790 g/mol. The lowest BCUT2D eigenvalue weighted by Crippen LogP contribution is -2.70. The number of aliphatic hydroxyl groups excluding tert-OH is 2. The number of fused-ring (bicyclic) bond motifs is 2. The van der Waals surface area contributed by atoms with Gasteiger partial charge in [-0.2, -0.15) is 0 Å². The Balaban J connectivity index is 1.41. The molecule has 12 heteroatoms. The summed E-state index contributed by atoms with van der Waals surface area (Å²) in [6, 6.07) is 20.6. The van der Waals surface area contributed by atoms with Crippen LogP contribution in [0, 0.1) is 29.5 Å². The van der Waals surface area contributed by atoms with Crippen LogP contribution in [0.3, 0.4) is 0 Å². The molecule has 2 saturated carbocycles. The molecule has 3 aromatic carbocycles. The Morgan fingerprint density at radius 3 is 2.39 bits per heavy atom. The number of hydrogen-bond acceptors (Lipinski definition) is 9. The number of aliphatic hydroxyl groups is 2. The summed E-state index contributed by atoms with van der Waals surface area (Å²) in [5, 5.41) is 27.6. The second kappa shape index (κ2) is 20.0. The van der Waals surface area contributed by atoms with E-state index in [2.05, 4.69) is 18.0 Å². The van der Waals surface area contributed by atoms with E-state index in [0.717, 1.165) is 60.8 Å². The van der Waals surface area contributed by atoms with E-state index < -0.39 is 29.4 Å². The summed E-state index contributed by atoms with van der Waals surface area (Å²) in [4.78, 5) is 36.1. The minimum Gasteiger partial charge on any atom is -0.459 e. The van der Waals surface area contributed by atoms with Gasteiger partial charge in [0.2, 0.25) is 11.7 Å². The average Bonchev–Trinajstić information content (AvgIpc) is 4.11. The van der Waals surface area contributed by atoms with Crippen LogP contribution >= 0.6 is 0 Å². The van der Waals surface area contributed by atoms with Gasteiger partial charge in [0.25, 0.3) is 0 Å². The number of nitrogens with one attached hydrogen (secondary N) is 1. The first-order chi connectivity index (χ1) is 29.9. The van der Waals surface area contributed by atoms with Crippen molar-refractivity contribution in [1.82, 2.24) is 10.2 Å². The van der Waals surface area contributed by atoms with Gasteiger partial charge >= 0.3 is 6.09 Å². The Morgan fingerprint density at radius 2 is 1.71 bits per heavy atom. The van der Waals surface area contributed by atoms with Crippen molar-refractivity contribution in [2.75, 3.05) is 19.8 Å². The lowest BCUT2D eigenvalue weighted by atomic mass is 9.55. The Labute approximate surface area is 365 Å². The molecule has 4 aliphatic rings. The highest BCUT2D eigenvalue weighted by Crippen LogP contribution is 2.62. The highest BCUT2D eigenvalue weighted by Gasteiger charge is 2.66. The van der Waals surface area contributed by atoms with E-state index in [1.807, 2.05) is 68.1 Å². The van der Waals surface area contributed by atoms with Crippen LogP contribution in [0.2, 0.25) is 0 Å². The number of nitrogens with zero attached hydrogens (tertiary/aromatic N) is 2. The number of amides is 2. The third kappa shape index (κ3) is 10.4. The highest BCUT2D eigenvalue weighted by atomic mass is 19.1. The minimum absolute atomic E-state index is 0.0151. The molecule has 62 heavy (non-hydrogen) atoms. The standard InChI is InChI=1S/C50H62FN3O8/c1-5-27-59-50-44(54(47(57)35-19-20-35)32-34-17-21-37(51)22-18-34)30-42(53-62-49(2,3)4)40-28-36(15-9-11-25-55)39(16-10-12-26-56)45(46(40)50)41-29-38(23-24-43(41)61-50)60-48(58)52-31-33-13-7-6-8-14-33/h5-8,13-14,17-18,21-24,28-29,35-36,39,44-46,55-56H,1,9-12,15-16,19-20,25-27,30-32H2,2-4H3,(H,52,58). The van der Waals surface area contributed by atoms with Gasteiger partial charge in [0, 0.05) is 50.1 Å². The number of oxime groups is 1. The molecule has 332 valence electrons. The second-order valence-electron chi connectivity index (χ2n) is 18.1. The molecule has 3 aromatic rings. The Bertz CT molecular complexity index is 2080. The minimum atomic E-state index is -1.45. The van der Waals surface area contributed by atoms with Crippen molar-refractivity contribution < 1.29 is 43.2 Å². The number of unbranched alkanes of at least 4 members (excludes halogenated alkanes) is 2. The van der Waals surface area contributed by atoms with Gasteiger partial charge in [0.1, 0.15) is 29.0 Å². The van der Waals surface area contributed by atoms with Gasteiger partial charge in [-0.05, 0) is 118 Å². The second-order valence-corrected chi connectivity index (χ2v) is 18.1. The molecule has 0 bridgehead atoms. The van der Waals surface area contributed by atoms with Crippen LogP contribution < -0.4 is 14.8 Å². The lowest BCUT2D eigenvalue weighted by molar-refractivity contribution is -0.258. The number of allylic oxidation sites excluding steroid dienone is 1. The zero-order chi connectivity index (χ0) is 43.9. The predicted molar refractivity (Wildman–Crippen MR) is 235 cm³/mol. The van der Waals surface area contributed by atoms with Gasteiger partial charge in [-0.25, -0.2) is 9.18 Å². The van der Waals surface area contributed by atoms with Crippen molar-refractivity contribution in [3.63, 3.8) is 0 Å². The molecule has 3 N–H and O–H groups in total. The summed E-state index contributed by atoms with van der Waals surface area (Å²) in [6.45, 7) is 10.6. The first-order valence-electron chi connectivity index (χ1n) is 22.3. The van der Waals surface area contributed by atoms with Crippen LogP contribution in [0.4, 0.5) is 9.18 Å². The highest BCUT2D eigenvalue weighted by molar-refractivity contribution is 6.03. The van der Waals surface area contributed by atoms with E-state index in [-0.39, 0.29) is 68.2 Å². The number of halogens is 1. The molecular formula is C50H62FN3O8. The Morgan fingerprint density at radius 1 is 0.984 bits per heavy atom. The van der Waals surface area contributed by atoms with Gasteiger partial charge in [0.05, 0.1) is 18.2 Å². The SMILES string of the molecule is C=CCOC12Oc3ccc(OC(=O)NCc4ccccc4)cc3C3C(CCCCO)C(CCCCO)C=C(C(=NOC(C)(C)C)CC1N(Cc1ccc(F)cc1)C(=O)C1CC1)C32. The van der Waals surface area contributed by atoms with Crippen LogP contribution in [-0.4, -0.2) is 70.1 Å². The smallest absolute Gasteiger partial charge is 0.412 e. The summed E-state index contributed by atoms with van der Waals surface area (Å²) in [6.07, 6.45) is 9.54. The molecule has 1 aliphatic heterocycles. The monoisotopic (exact) mass is 851 g/mol. The Kier molecular flexibility index (Phi) is 14.5. The fourth-order valence-electron chi connectivity index (χ4n) is 9.51. The largest absolute Gasteiger partial charge is 0.459 e. The van der Waals surface area contributed by atoms with Crippen LogP contribution in [0.15, 0.2) is 102 Å².